The maximum Gasteiger partial charge on any atom is 0.311 e. The maximum absolute atomic E-state index is 12.4. The highest BCUT2D eigenvalue weighted by Gasteiger charge is 2.20. The summed E-state index contributed by atoms with van der Waals surface area (Å²) in [4.78, 5) is 24.7. The molecular weight excluding hydrogens is 382 g/mol. The Morgan fingerprint density at radius 3 is 2.75 bits per heavy atom. The van der Waals surface area contributed by atoms with Crippen molar-refractivity contribution in [3.8, 4) is 5.75 Å². The van der Waals surface area contributed by atoms with Gasteiger partial charge in [0, 0.05) is 16.0 Å². The van der Waals surface area contributed by atoms with Crippen molar-refractivity contribution in [3.63, 3.8) is 0 Å². The summed E-state index contributed by atoms with van der Waals surface area (Å²) in [5, 5.41) is 3.96. The van der Waals surface area contributed by atoms with Crippen LogP contribution < -0.4 is 10.1 Å². The van der Waals surface area contributed by atoms with Gasteiger partial charge >= 0.3 is 5.97 Å². The van der Waals surface area contributed by atoms with Crippen LogP contribution in [0.15, 0.2) is 47.1 Å². The van der Waals surface area contributed by atoms with E-state index in [2.05, 4.69) is 5.32 Å². The Kier molecular flexibility index (Phi) is 5.90. The summed E-state index contributed by atoms with van der Waals surface area (Å²) in [5.41, 5.74) is 2.89. The predicted octanol–water partition coefficient (Wildman–Crippen LogP) is 4.52. The number of fused-ring (bicyclic) bond motifs is 1. The third kappa shape index (κ3) is 4.46. The molecule has 0 aliphatic heterocycles. The van der Waals surface area contributed by atoms with Crippen LogP contribution in [0, 0.1) is 6.92 Å². The molecule has 0 radical (unpaired) electrons. The molecule has 2 aromatic carbocycles. The fraction of sp³-hybridized carbons (Fsp3) is 0.238. The first kappa shape index (κ1) is 19.8. The van der Waals surface area contributed by atoms with E-state index < -0.39 is 18.0 Å². The Hall–Kier alpha value is -2.99. The van der Waals surface area contributed by atoms with Gasteiger partial charge in [-0.25, -0.2) is 0 Å². The van der Waals surface area contributed by atoms with Gasteiger partial charge in [-0.2, -0.15) is 0 Å². The first-order chi connectivity index (χ1) is 13.4. The van der Waals surface area contributed by atoms with Crippen LogP contribution in [-0.4, -0.2) is 25.1 Å². The normalized spacial score (nSPS) is 11.9. The Morgan fingerprint density at radius 2 is 2.00 bits per heavy atom. The molecule has 1 amide bonds. The van der Waals surface area contributed by atoms with Gasteiger partial charge in [-0.05, 0) is 43.7 Å². The number of hydrogen-bond donors (Lipinski definition) is 1. The second kappa shape index (κ2) is 8.35. The number of halogens is 1. The molecule has 0 bridgehead atoms. The zero-order chi connectivity index (χ0) is 20.3. The van der Waals surface area contributed by atoms with Gasteiger partial charge in [0.1, 0.15) is 11.3 Å². The summed E-state index contributed by atoms with van der Waals surface area (Å²) in [5.74, 6) is -0.554. The SMILES string of the molecule is COc1ccc(Cl)cc1NC(=O)[C@@H](C)OC(=O)Cc1coc2cc(C)ccc12. The molecule has 0 aliphatic carbocycles. The van der Waals surface area contributed by atoms with Crippen molar-refractivity contribution in [1.29, 1.82) is 0 Å². The third-order valence-electron chi connectivity index (χ3n) is 4.24. The van der Waals surface area contributed by atoms with Crippen LogP contribution in [0.3, 0.4) is 0 Å². The van der Waals surface area contributed by atoms with Crippen molar-refractivity contribution < 1.29 is 23.5 Å². The van der Waals surface area contributed by atoms with Crippen LogP contribution >= 0.6 is 11.6 Å². The molecule has 1 N–H and O–H groups in total. The molecule has 3 rings (SSSR count). The Balaban J connectivity index is 1.63. The van der Waals surface area contributed by atoms with E-state index in [0.717, 1.165) is 10.9 Å². The molecule has 7 heteroatoms. The summed E-state index contributed by atoms with van der Waals surface area (Å²) in [7, 11) is 1.49. The van der Waals surface area contributed by atoms with E-state index in [1.807, 2.05) is 25.1 Å². The number of ether oxygens (including phenoxy) is 2. The van der Waals surface area contributed by atoms with Crippen LogP contribution in [0.4, 0.5) is 5.69 Å². The van der Waals surface area contributed by atoms with Crippen molar-refractivity contribution in [2.24, 2.45) is 0 Å². The van der Waals surface area contributed by atoms with E-state index in [0.29, 0.717) is 27.6 Å². The molecule has 3 aromatic rings. The van der Waals surface area contributed by atoms with Crippen molar-refractivity contribution in [3.05, 3.63) is 58.8 Å². The summed E-state index contributed by atoms with van der Waals surface area (Å²) >= 11 is 5.96. The molecule has 28 heavy (non-hydrogen) atoms. The minimum absolute atomic E-state index is 0.00810. The van der Waals surface area contributed by atoms with Gasteiger partial charge in [-0.15, -0.1) is 0 Å². The summed E-state index contributed by atoms with van der Waals surface area (Å²) in [6.45, 7) is 3.46. The molecule has 1 aromatic heterocycles. The molecular formula is C21H20ClNO5. The summed E-state index contributed by atoms with van der Waals surface area (Å²) in [6.07, 6.45) is 0.554. The standard InChI is InChI=1S/C21H20ClNO5/c1-12-4-6-16-14(11-27-19(16)8-12)9-20(24)28-13(2)21(25)23-17-10-15(22)5-7-18(17)26-3/h4-8,10-11,13H,9H2,1-3H3,(H,23,25)/t13-/m1/s1. The van der Waals surface area contributed by atoms with Crippen LogP contribution in [0.2, 0.25) is 5.02 Å². The number of benzene rings is 2. The second-order valence-corrected chi connectivity index (χ2v) is 6.84. The van der Waals surface area contributed by atoms with Crippen LogP contribution in [0.1, 0.15) is 18.1 Å². The van der Waals surface area contributed by atoms with E-state index in [9.17, 15) is 9.59 Å². The largest absolute Gasteiger partial charge is 0.495 e. The lowest BCUT2D eigenvalue weighted by Gasteiger charge is -2.15. The first-order valence-corrected chi connectivity index (χ1v) is 9.06. The third-order valence-corrected chi connectivity index (χ3v) is 4.48. The fourth-order valence-corrected chi connectivity index (χ4v) is 2.96. The smallest absolute Gasteiger partial charge is 0.311 e. The van der Waals surface area contributed by atoms with Gasteiger partial charge in [0.2, 0.25) is 0 Å². The van der Waals surface area contributed by atoms with Gasteiger partial charge in [-0.3, -0.25) is 9.59 Å². The molecule has 0 saturated heterocycles. The van der Waals surface area contributed by atoms with E-state index in [1.54, 1.807) is 18.2 Å². The van der Waals surface area contributed by atoms with Gasteiger partial charge in [0.05, 0.1) is 25.5 Å². The Labute approximate surface area is 167 Å². The molecule has 1 atom stereocenters. The first-order valence-electron chi connectivity index (χ1n) is 8.68. The van der Waals surface area contributed by atoms with E-state index in [4.69, 9.17) is 25.5 Å². The quantitative estimate of drug-likeness (QED) is 0.614. The summed E-state index contributed by atoms with van der Waals surface area (Å²) < 4.78 is 15.9. The van der Waals surface area contributed by atoms with Crippen molar-refractivity contribution in [2.45, 2.75) is 26.4 Å². The topological polar surface area (TPSA) is 77.8 Å². The molecule has 0 aliphatic rings. The van der Waals surface area contributed by atoms with Gasteiger partial charge < -0.3 is 19.2 Å². The van der Waals surface area contributed by atoms with Crippen molar-refractivity contribution in [2.75, 3.05) is 12.4 Å². The number of carbonyl (C=O) groups is 2. The van der Waals surface area contributed by atoms with Gasteiger partial charge in [0.25, 0.3) is 5.91 Å². The number of carbonyl (C=O) groups excluding carboxylic acids is 2. The number of rotatable bonds is 6. The Morgan fingerprint density at radius 1 is 1.21 bits per heavy atom. The van der Waals surface area contributed by atoms with Crippen molar-refractivity contribution in [1.82, 2.24) is 0 Å². The lowest BCUT2D eigenvalue weighted by Crippen LogP contribution is -2.30. The molecule has 0 fully saturated rings. The number of methoxy groups -OCH3 is 1. The van der Waals surface area contributed by atoms with Crippen molar-refractivity contribution >= 4 is 40.1 Å². The highest BCUT2D eigenvalue weighted by molar-refractivity contribution is 6.31. The van der Waals surface area contributed by atoms with Gasteiger partial charge in [-0.1, -0.05) is 23.7 Å². The average molecular weight is 402 g/mol. The number of aryl methyl sites for hydroxylation is 1. The zero-order valence-corrected chi connectivity index (χ0v) is 16.5. The number of nitrogens with one attached hydrogen (secondary N) is 1. The predicted molar refractivity (Wildman–Crippen MR) is 107 cm³/mol. The van der Waals surface area contributed by atoms with Gasteiger partial charge in [0.15, 0.2) is 6.10 Å². The monoisotopic (exact) mass is 401 g/mol. The van der Waals surface area contributed by atoms with E-state index in [1.165, 1.54) is 20.3 Å². The molecule has 0 saturated carbocycles. The lowest BCUT2D eigenvalue weighted by molar-refractivity contribution is -0.152. The van der Waals surface area contributed by atoms with E-state index >= 15 is 0 Å². The summed E-state index contributed by atoms with van der Waals surface area (Å²) in [6, 6.07) is 10.6. The maximum atomic E-state index is 12.4. The number of hydrogen-bond acceptors (Lipinski definition) is 5. The molecule has 6 nitrogen and oxygen atoms in total. The fourth-order valence-electron chi connectivity index (χ4n) is 2.79. The minimum atomic E-state index is -0.989. The Bertz CT molecular complexity index is 1030. The van der Waals surface area contributed by atoms with Crippen LogP contribution in [-0.2, 0) is 20.7 Å². The zero-order valence-electron chi connectivity index (χ0n) is 15.7. The number of amides is 1. The van der Waals surface area contributed by atoms with E-state index in [-0.39, 0.29) is 6.42 Å². The number of furan rings is 1. The highest BCUT2D eigenvalue weighted by Crippen LogP contribution is 2.28. The highest BCUT2D eigenvalue weighted by atomic mass is 35.5. The number of esters is 1. The molecule has 0 spiro atoms. The molecule has 146 valence electrons. The van der Waals surface area contributed by atoms with Crippen LogP contribution in [0.5, 0.6) is 5.75 Å². The average Bonchev–Trinajstić information content (AvgIpc) is 3.03. The minimum Gasteiger partial charge on any atom is -0.495 e. The van der Waals surface area contributed by atoms with Crippen LogP contribution in [0.25, 0.3) is 11.0 Å². The molecule has 0 unspecified atom stereocenters. The lowest BCUT2D eigenvalue weighted by atomic mass is 10.1. The molecule has 1 heterocycles. The number of anilines is 1. The second-order valence-electron chi connectivity index (χ2n) is 6.40.